The van der Waals surface area contributed by atoms with Gasteiger partial charge in [-0.1, -0.05) is 19.3 Å². The van der Waals surface area contributed by atoms with E-state index in [0.717, 1.165) is 24.3 Å². The Balaban J connectivity index is 1.20. The predicted octanol–water partition coefficient (Wildman–Crippen LogP) is 3.89. The summed E-state index contributed by atoms with van der Waals surface area (Å²) in [5.41, 5.74) is 0.303. The molecule has 114 valence electrons. The van der Waals surface area contributed by atoms with Crippen LogP contribution in [0.25, 0.3) is 0 Å². The molecule has 1 unspecified atom stereocenters. The van der Waals surface area contributed by atoms with Crippen LogP contribution in [0.2, 0.25) is 0 Å². The first-order valence-electron chi connectivity index (χ1n) is 9.23. The lowest BCUT2D eigenvalue weighted by molar-refractivity contribution is -0.0625. The highest BCUT2D eigenvalue weighted by atomic mass is 16.5. The second-order valence-corrected chi connectivity index (χ2v) is 8.02. The molecule has 20 heavy (non-hydrogen) atoms. The lowest BCUT2D eigenvalue weighted by Gasteiger charge is -2.33. The van der Waals surface area contributed by atoms with Crippen LogP contribution in [-0.2, 0) is 4.74 Å². The summed E-state index contributed by atoms with van der Waals surface area (Å²) >= 11 is 0. The van der Waals surface area contributed by atoms with Gasteiger partial charge in [0, 0.05) is 6.54 Å². The van der Waals surface area contributed by atoms with Crippen LogP contribution in [0.4, 0.5) is 0 Å². The minimum absolute atomic E-state index is 0.303. The lowest BCUT2D eigenvalue weighted by Crippen LogP contribution is -2.36. The molecule has 2 heteroatoms. The van der Waals surface area contributed by atoms with Gasteiger partial charge in [-0.05, 0) is 75.7 Å². The maximum absolute atomic E-state index is 6.46. The molecule has 0 bridgehead atoms. The van der Waals surface area contributed by atoms with Crippen LogP contribution in [-0.4, -0.2) is 24.8 Å². The van der Waals surface area contributed by atoms with Gasteiger partial charge in [-0.2, -0.15) is 0 Å². The zero-order valence-electron chi connectivity index (χ0n) is 12.9. The van der Waals surface area contributed by atoms with Crippen molar-refractivity contribution in [3.05, 3.63) is 0 Å². The maximum atomic E-state index is 6.46. The number of ether oxygens (including phenoxy) is 1. The Labute approximate surface area is 124 Å². The Morgan fingerprint density at radius 2 is 1.60 bits per heavy atom. The molecular formula is C18H31NO. The topological polar surface area (TPSA) is 21.3 Å². The molecule has 1 heterocycles. The van der Waals surface area contributed by atoms with Crippen LogP contribution in [0.15, 0.2) is 0 Å². The van der Waals surface area contributed by atoms with E-state index in [2.05, 4.69) is 5.32 Å². The van der Waals surface area contributed by atoms with Crippen LogP contribution < -0.4 is 5.32 Å². The Morgan fingerprint density at radius 1 is 0.900 bits per heavy atom. The molecular weight excluding hydrogens is 246 g/mol. The van der Waals surface area contributed by atoms with E-state index < -0.39 is 0 Å². The summed E-state index contributed by atoms with van der Waals surface area (Å²) in [6.07, 6.45) is 16.0. The van der Waals surface area contributed by atoms with Crippen LogP contribution in [0.1, 0.15) is 70.6 Å². The molecule has 1 N–H and O–H groups in total. The zero-order chi connectivity index (χ0) is 13.4. The van der Waals surface area contributed by atoms with E-state index in [-0.39, 0.29) is 0 Å². The van der Waals surface area contributed by atoms with E-state index in [4.69, 9.17) is 4.74 Å². The fraction of sp³-hybridized carbons (Fsp3) is 1.00. The maximum Gasteiger partial charge on any atom is 0.0708 e. The molecule has 4 fully saturated rings. The third kappa shape index (κ3) is 3.06. The third-order valence-corrected chi connectivity index (χ3v) is 6.31. The second-order valence-electron chi connectivity index (χ2n) is 8.02. The van der Waals surface area contributed by atoms with Crippen molar-refractivity contribution in [2.45, 2.75) is 82.3 Å². The molecule has 1 saturated heterocycles. The highest BCUT2D eigenvalue weighted by Gasteiger charge is 2.42. The van der Waals surface area contributed by atoms with Gasteiger partial charge in [0.15, 0.2) is 0 Å². The Kier molecular flexibility index (Phi) is 3.80. The molecule has 1 atom stereocenters. The molecule has 3 saturated carbocycles. The van der Waals surface area contributed by atoms with E-state index in [1.54, 1.807) is 0 Å². The molecule has 0 radical (unpaired) electrons. The van der Waals surface area contributed by atoms with Crippen molar-refractivity contribution >= 4 is 0 Å². The van der Waals surface area contributed by atoms with E-state index in [9.17, 15) is 0 Å². The van der Waals surface area contributed by atoms with Gasteiger partial charge < -0.3 is 10.1 Å². The van der Waals surface area contributed by atoms with Crippen LogP contribution in [0, 0.1) is 17.8 Å². The average molecular weight is 277 g/mol. The van der Waals surface area contributed by atoms with Crippen molar-refractivity contribution in [2.24, 2.45) is 17.8 Å². The Hall–Kier alpha value is -0.0800. The summed E-state index contributed by atoms with van der Waals surface area (Å²) in [5, 5.41) is 3.77. The highest BCUT2D eigenvalue weighted by Crippen LogP contribution is 2.49. The molecule has 0 amide bonds. The van der Waals surface area contributed by atoms with Crippen LogP contribution >= 0.6 is 0 Å². The minimum atomic E-state index is 0.303. The van der Waals surface area contributed by atoms with E-state index in [1.165, 1.54) is 77.2 Å². The lowest BCUT2D eigenvalue weighted by atomic mass is 9.83. The largest absolute Gasteiger partial charge is 0.370 e. The van der Waals surface area contributed by atoms with Crippen molar-refractivity contribution < 1.29 is 4.74 Å². The summed E-state index contributed by atoms with van der Waals surface area (Å²) in [7, 11) is 0. The fourth-order valence-electron chi connectivity index (χ4n) is 4.78. The zero-order valence-corrected chi connectivity index (χ0v) is 12.9. The monoisotopic (exact) mass is 277 g/mol. The van der Waals surface area contributed by atoms with Gasteiger partial charge in [-0.15, -0.1) is 0 Å². The molecule has 2 nitrogen and oxygen atoms in total. The molecule has 4 rings (SSSR count). The Morgan fingerprint density at radius 3 is 2.25 bits per heavy atom. The second kappa shape index (κ2) is 5.61. The summed E-state index contributed by atoms with van der Waals surface area (Å²) < 4.78 is 6.46. The summed E-state index contributed by atoms with van der Waals surface area (Å²) in [5.74, 6) is 3.15. The van der Waals surface area contributed by atoms with Crippen molar-refractivity contribution in [3.63, 3.8) is 0 Å². The molecule has 3 aliphatic carbocycles. The summed E-state index contributed by atoms with van der Waals surface area (Å²) in [6.45, 7) is 2.37. The first-order chi connectivity index (χ1) is 9.85. The molecule has 0 aromatic carbocycles. The molecule has 0 aromatic heterocycles. The van der Waals surface area contributed by atoms with Gasteiger partial charge >= 0.3 is 0 Å². The van der Waals surface area contributed by atoms with Gasteiger partial charge in [-0.3, -0.25) is 0 Å². The molecule has 1 spiro atoms. The number of nitrogens with one attached hydrogen (secondary N) is 1. The van der Waals surface area contributed by atoms with E-state index in [0.29, 0.717) is 11.7 Å². The molecule has 4 aliphatic rings. The quantitative estimate of drug-likeness (QED) is 0.795. The van der Waals surface area contributed by atoms with Crippen molar-refractivity contribution in [3.8, 4) is 0 Å². The third-order valence-electron chi connectivity index (χ3n) is 6.31. The van der Waals surface area contributed by atoms with Crippen molar-refractivity contribution in [1.29, 1.82) is 0 Å². The van der Waals surface area contributed by atoms with E-state index in [1.807, 2.05) is 0 Å². The number of hydrogen-bond donors (Lipinski definition) is 1. The van der Waals surface area contributed by atoms with Crippen LogP contribution in [0.3, 0.4) is 0 Å². The van der Waals surface area contributed by atoms with Gasteiger partial charge in [0.2, 0.25) is 0 Å². The van der Waals surface area contributed by atoms with Crippen molar-refractivity contribution in [2.75, 3.05) is 13.1 Å². The highest BCUT2D eigenvalue weighted by molar-refractivity contribution is 4.94. The first kappa shape index (κ1) is 13.6. The summed E-state index contributed by atoms with van der Waals surface area (Å²) in [6, 6.07) is 0. The van der Waals surface area contributed by atoms with Crippen LogP contribution in [0.5, 0.6) is 0 Å². The summed E-state index contributed by atoms with van der Waals surface area (Å²) in [4.78, 5) is 0. The number of rotatable bonds is 6. The van der Waals surface area contributed by atoms with Gasteiger partial charge in [0.1, 0.15) is 0 Å². The Bertz CT molecular complexity index is 316. The van der Waals surface area contributed by atoms with Crippen molar-refractivity contribution in [1.82, 2.24) is 5.32 Å². The normalized spacial score (nSPS) is 33.1. The average Bonchev–Trinajstić information content (AvgIpc) is 3.36. The van der Waals surface area contributed by atoms with E-state index >= 15 is 0 Å². The standard InChI is InChI=1S/C18H31NO/c1-2-9-18(10-3-1)11-8-16(20-18)12-19-13-17(14-4-5-14)15-6-7-15/h14-17,19H,1-13H2. The smallest absolute Gasteiger partial charge is 0.0708 e. The SMILES string of the molecule is C1CCC2(CC1)CCC(CNCC(C1CC1)C1CC1)O2. The first-order valence-corrected chi connectivity index (χ1v) is 9.23. The molecule has 0 aromatic rings. The van der Waals surface area contributed by atoms with Gasteiger partial charge in [0.25, 0.3) is 0 Å². The van der Waals surface area contributed by atoms with Gasteiger partial charge in [-0.25, -0.2) is 0 Å². The molecule has 1 aliphatic heterocycles. The number of hydrogen-bond acceptors (Lipinski definition) is 2. The van der Waals surface area contributed by atoms with Gasteiger partial charge in [0.05, 0.1) is 11.7 Å². The fourth-order valence-corrected chi connectivity index (χ4v) is 4.78. The predicted molar refractivity (Wildman–Crippen MR) is 81.7 cm³/mol. The minimum Gasteiger partial charge on any atom is -0.370 e.